The molecule has 1 amide bonds. The van der Waals surface area contributed by atoms with Gasteiger partial charge in [0.15, 0.2) is 0 Å². The van der Waals surface area contributed by atoms with Crippen LogP contribution in [-0.4, -0.2) is 13.0 Å². The van der Waals surface area contributed by atoms with Crippen molar-refractivity contribution in [2.75, 3.05) is 12.4 Å². The Balaban J connectivity index is 2.24. The van der Waals surface area contributed by atoms with E-state index in [1.54, 1.807) is 7.11 Å². The summed E-state index contributed by atoms with van der Waals surface area (Å²) < 4.78 is 5.17. The molecule has 0 aliphatic heterocycles. The number of benzene rings is 2. The zero-order chi connectivity index (χ0) is 15.3. The van der Waals surface area contributed by atoms with E-state index in [2.05, 4.69) is 5.32 Å². The van der Waals surface area contributed by atoms with Gasteiger partial charge in [0, 0.05) is 5.69 Å². The number of amides is 1. The van der Waals surface area contributed by atoms with Crippen LogP contribution >= 0.6 is 0 Å². The minimum Gasteiger partial charge on any atom is -0.497 e. The van der Waals surface area contributed by atoms with Gasteiger partial charge in [-0.3, -0.25) is 4.79 Å². The van der Waals surface area contributed by atoms with Crippen LogP contribution in [0.5, 0.6) is 5.75 Å². The van der Waals surface area contributed by atoms with Crippen molar-refractivity contribution in [1.82, 2.24) is 0 Å². The summed E-state index contributed by atoms with van der Waals surface area (Å²) in [5.74, 6) is 0.794. The van der Waals surface area contributed by atoms with Gasteiger partial charge in [-0.1, -0.05) is 37.3 Å². The van der Waals surface area contributed by atoms with Gasteiger partial charge in [0.25, 0.3) is 0 Å². The molecular formula is C18H21NO2. The maximum Gasteiger partial charge on any atom is 0.234 e. The predicted octanol–water partition coefficient (Wildman–Crippen LogP) is 4.00. The number of nitrogens with one attached hydrogen (secondary N) is 1. The second-order valence-corrected chi connectivity index (χ2v) is 5.23. The van der Waals surface area contributed by atoms with Crippen molar-refractivity contribution in [3.63, 3.8) is 0 Å². The highest BCUT2D eigenvalue weighted by atomic mass is 16.5. The second-order valence-electron chi connectivity index (χ2n) is 5.23. The monoisotopic (exact) mass is 283 g/mol. The zero-order valence-electron chi connectivity index (χ0n) is 12.7. The lowest BCUT2D eigenvalue weighted by Crippen LogP contribution is -2.37. The molecule has 2 rings (SSSR count). The van der Waals surface area contributed by atoms with Gasteiger partial charge >= 0.3 is 0 Å². The molecule has 110 valence electrons. The van der Waals surface area contributed by atoms with Crippen LogP contribution in [0.1, 0.15) is 25.8 Å². The van der Waals surface area contributed by atoms with Crippen LogP contribution in [0.25, 0.3) is 0 Å². The fourth-order valence-electron chi connectivity index (χ4n) is 2.25. The van der Waals surface area contributed by atoms with E-state index >= 15 is 0 Å². The summed E-state index contributed by atoms with van der Waals surface area (Å²) in [6.07, 6.45) is 0.720. The number of carbonyl (C=O) groups is 1. The molecule has 21 heavy (non-hydrogen) atoms. The van der Waals surface area contributed by atoms with Crippen LogP contribution in [0.2, 0.25) is 0 Å². The molecule has 0 heterocycles. The Kier molecular flexibility index (Phi) is 4.63. The maximum atomic E-state index is 12.7. The molecule has 3 heteroatoms. The first-order chi connectivity index (χ1) is 10.1. The number of carbonyl (C=O) groups excluding carboxylic acids is 1. The predicted molar refractivity (Wildman–Crippen MR) is 85.7 cm³/mol. The minimum atomic E-state index is -0.567. The quantitative estimate of drug-likeness (QED) is 0.900. The SMILES string of the molecule is CCC(C)(C(=O)Nc1ccccc1)c1ccc(OC)cc1. The third kappa shape index (κ3) is 3.24. The molecule has 2 aromatic carbocycles. The Labute approximate surface area is 126 Å². The number of anilines is 1. The van der Waals surface area contributed by atoms with Gasteiger partial charge in [0.05, 0.1) is 12.5 Å². The average molecular weight is 283 g/mol. The van der Waals surface area contributed by atoms with E-state index in [1.807, 2.05) is 68.4 Å². The first kappa shape index (κ1) is 15.1. The highest BCUT2D eigenvalue weighted by Crippen LogP contribution is 2.30. The summed E-state index contributed by atoms with van der Waals surface area (Å²) in [7, 11) is 1.64. The van der Waals surface area contributed by atoms with Crippen LogP contribution in [0.4, 0.5) is 5.69 Å². The maximum absolute atomic E-state index is 12.7. The largest absolute Gasteiger partial charge is 0.497 e. The molecule has 0 bridgehead atoms. The highest BCUT2D eigenvalue weighted by Gasteiger charge is 2.33. The standard InChI is InChI=1S/C18H21NO2/c1-4-18(2,14-10-12-16(21-3)13-11-14)17(20)19-15-8-6-5-7-9-15/h5-13H,4H2,1-3H3,(H,19,20). The van der Waals surface area contributed by atoms with Gasteiger partial charge in [-0.2, -0.15) is 0 Å². The molecule has 0 aliphatic rings. The number of hydrogen-bond donors (Lipinski definition) is 1. The van der Waals surface area contributed by atoms with E-state index in [0.29, 0.717) is 0 Å². The van der Waals surface area contributed by atoms with Crippen LogP contribution < -0.4 is 10.1 Å². The Morgan fingerprint density at radius 2 is 1.71 bits per heavy atom. The van der Waals surface area contributed by atoms with Crippen molar-refractivity contribution in [3.8, 4) is 5.75 Å². The lowest BCUT2D eigenvalue weighted by molar-refractivity contribution is -0.121. The third-order valence-corrected chi connectivity index (χ3v) is 3.97. The first-order valence-electron chi connectivity index (χ1n) is 7.11. The molecule has 1 unspecified atom stereocenters. The van der Waals surface area contributed by atoms with Crippen LogP contribution in [0, 0.1) is 0 Å². The van der Waals surface area contributed by atoms with Gasteiger partial charge in [0.1, 0.15) is 5.75 Å². The fraction of sp³-hybridized carbons (Fsp3) is 0.278. The second kappa shape index (κ2) is 6.44. The number of methoxy groups -OCH3 is 1. The van der Waals surface area contributed by atoms with Gasteiger partial charge in [-0.15, -0.1) is 0 Å². The smallest absolute Gasteiger partial charge is 0.234 e. The highest BCUT2D eigenvalue weighted by molar-refractivity contribution is 5.98. The number of hydrogen-bond acceptors (Lipinski definition) is 2. The van der Waals surface area contributed by atoms with Crippen LogP contribution in [0.3, 0.4) is 0 Å². The summed E-state index contributed by atoms with van der Waals surface area (Å²) >= 11 is 0. The Morgan fingerprint density at radius 3 is 2.24 bits per heavy atom. The van der Waals surface area contributed by atoms with Crippen LogP contribution in [0.15, 0.2) is 54.6 Å². The number of ether oxygens (including phenoxy) is 1. The van der Waals surface area contributed by atoms with E-state index in [-0.39, 0.29) is 5.91 Å². The summed E-state index contributed by atoms with van der Waals surface area (Å²) in [4.78, 5) is 12.7. The summed E-state index contributed by atoms with van der Waals surface area (Å²) in [5, 5.41) is 2.99. The van der Waals surface area contributed by atoms with Gasteiger partial charge in [-0.25, -0.2) is 0 Å². The Hall–Kier alpha value is -2.29. The molecule has 2 aromatic rings. The number of rotatable bonds is 5. The third-order valence-electron chi connectivity index (χ3n) is 3.97. The van der Waals surface area contributed by atoms with E-state index in [0.717, 1.165) is 23.4 Å². The molecular weight excluding hydrogens is 262 g/mol. The summed E-state index contributed by atoms with van der Waals surface area (Å²) in [6.45, 7) is 3.99. The zero-order valence-corrected chi connectivity index (χ0v) is 12.7. The van der Waals surface area contributed by atoms with Crippen molar-refractivity contribution in [1.29, 1.82) is 0 Å². The Morgan fingerprint density at radius 1 is 1.10 bits per heavy atom. The molecule has 0 fully saturated rings. The molecule has 0 radical (unpaired) electrons. The molecule has 1 atom stereocenters. The van der Waals surface area contributed by atoms with Crippen molar-refractivity contribution in [2.45, 2.75) is 25.7 Å². The summed E-state index contributed by atoms with van der Waals surface area (Å²) in [5.41, 5.74) is 1.23. The normalized spacial score (nSPS) is 13.3. The molecule has 1 N–H and O–H groups in total. The van der Waals surface area contributed by atoms with Gasteiger partial charge in [-0.05, 0) is 43.2 Å². The van der Waals surface area contributed by atoms with E-state index in [4.69, 9.17) is 4.74 Å². The fourth-order valence-corrected chi connectivity index (χ4v) is 2.25. The van der Waals surface area contributed by atoms with Crippen molar-refractivity contribution >= 4 is 11.6 Å². The topological polar surface area (TPSA) is 38.3 Å². The molecule has 3 nitrogen and oxygen atoms in total. The van der Waals surface area contributed by atoms with Crippen molar-refractivity contribution in [2.24, 2.45) is 0 Å². The molecule has 0 saturated heterocycles. The van der Waals surface area contributed by atoms with Crippen molar-refractivity contribution < 1.29 is 9.53 Å². The molecule has 0 aliphatic carbocycles. The van der Waals surface area contributed by atoms with Gasteiger partial charge < -0.3 is 10.1 Å². The molecule has 0 saturated carbocycles. The molecule has 0 aromatic heterocycles. The Bertz CT molecular complexity index is 592. The summed E-state index contributed by atoms with van der Waals surface area (Å²) in [6, 6.07) is 17.2. The molecule has 0 spiro atoms. The lowest BCUT2D eigenvalue weighted by atomic mass is 9.79. The lowest BCUT2D eigenvalue weighted by Gasteiger charge is -2.27. The van der Waals surface area contributed by atoms with E-state index < -0.39 is 5.41 Å². The van der Waals surface area contributed by atoms with E-state index in [1.165, 1.54) is 0 Å². The first-order valence-corrected chi connectivity index (χ1v) is 7.11. The minimum absolute atomic E-state index is 0.00127. The average Bonchev–Trinajstić information content (AvgIpc) is 2.55. The number of para-hydroxylation sites is 1. The van der Waals surface area contributed by atoms with Gasteiger partial charge in [0.2, 0.25) is 5.91 Å². The van der Waals surface area contributed by atoms with Crippen molar-refractivity contribution in [3.05, 3.63) is 60.2 Å². The van der Waals surface area contributed by atoms with Crippen LogP contribution in [-0.2, 0) is 10.2 Å². The van der Waals surface area contributed by atoms with E-state index in [9.17, 15) is 4.79 Å².